The van der Waals surface area contributed by atoms with Gasteiger partial charge in [-0.1, -0.05) is 78.2 Å². The molecule has 0 radical (unpaired) electrons. The number of aryl methyl sites for hydroxylation is 2. The molecule has 0 aliphatic heterocycles. The van der Waals surface area contributed by atoms with E-state index in [9.17, 15) is 18.0 Å². The predicted octanol–water partition coefficient (Wildman–Crippen LogP) is 5.98. The third-order valence-corrected chi connectivity index (χ3v) is 9.14. The largest absolute Gasteiger partial charge is 0.354 e. The molecule has 0 heterocycles. The summed E-state index contributed by atoms with van der Waals surface area (Å²) in [6, 6.07) is 20.3. The number of unbranched alkanes of at least 4 members (excludes halogenated alkanes) is 1. The SMILES string of the molecule is CCCCNC(=O)[C@H](CC)N(Cc1ccccc1C)C(=O)CN(c1ccc(Br)cc1)S(=O)(=O)c1ccc(C)cc1. The molecular formula is C31H38BrN3O4S. The number of nitrogens with one attached hydrogen (secondary N) is 1. The first-order chi connectivity index (χ1) is 19.1. The first-order valence-corrected chi connectivity index (χ1v) is 15.8. The van der Waals surface area contributed by atoms with Gasteiger partial charge in [-0.3, -0.25) is 13.9 Å². The zero-order chi connectivity index (χ0) is 29.3. The van der Waals surface area contributed by atoms with E-state index < -0.39 is 28.5 Å². The Labute approximate surface area is 246 Å². The molecule has 40 heavy (non-hydrogen) atoms. The molecule has 214 valence electrons. The van der Waals surface area contributed by atoms with E-state index >= 15 is 0 Å². The summed E-state index contributed by atoms with van der Waals surface area (Å²) in [7, 11) is -4.09. The number of nitrogens with zero attached hydrogens (tertiary/aromatic N) is 2. The van der Waals surface area contributed by atoms with Crippen LogP contribution in [-0.4, -0.2) is 44.3 Å². The van der Waals surface area contributed by atoms with Crippen LogP contribution in [0.2, 0.25) is 0 Å². The Bertz CT molecular complexity index is 1390. The van der Waals surface area contributed by atoms with Gasteiger partial charge in [0.05, 0.1) is 10.6 Å². The molecule has 3 rings (SSSR count). The molecule has 0 spiro atoms. The number of anilines is 1. The Balaban J connectivity index is 2.04. The van der Waals surface area contributed by atoms with Gasteiger partial charge in [0.15, 0.2) is 0 Å². The Hall–Kier alpha value is -3.17. The van der Waals surface area contributed by atoms with Crippen molar-refractivity contribution in [1.82, 2.24) is 10.2 Å². The fraction of sp³-hybridized carbons (Fsp3) is 0.355. The molecule has 0 saturated carbocycles. The van der Waals surface area contributed by atoms with E-state index in [-0.39, 0.29) is 17.3 Å². The lowest BCUT2D eigenvalue weighted by Gasteiger charge is -2.33. The van der Waals surface area contributed by atoms with Gasteiger partial charge in [0, 0.05) is 17.6 Å². The smallest absolute Gasteiger partial charge is 0.264 e. The van der Waals surface area contributed by atoms with E-state index in [0.717, 1.165) is 38.3 Å². The average Bonchev–Trinajstić information content (AvgIpc) is 2.93. The molecule has 0 aliphatic carbocycles. The minimum Gasteiger partial charge on any atom is -0.354 e. The Morgan fingerprint density at radius 1 is 0.925 bits per heavy atom. The van der Waals surface area contributed by atoms with Crippen molar-refractivity contribution in [2.75, 3.05) is 17.4 Å². The molecule has 0 aliphatic rings. The molecule has 0 saturated heterocycles. The van der Waals surface area contributed by atoms with E-state index in [1.807, 2.05) is 52.0 Å². The monoisotopic (exact) mass is 627 g/mol. The van der Waals surface area contributed by atoms with Gasteiger partial charge in [0.1, 0.15) is 12.6 Å². The highest BCUT2D eigenvalue weighted by molar-refractivity contribution is 9.10. The van der Waals surface area contributed by atoms with Gasteiger partial charge in [-0.05, 0) is 74.2 Å². The lowest BCUT2D eigenvalue weighted by molar-refractivity contribution is -0.140. The van der Waals surface area contributed by atoms with Crippen molar-refractivity contribution in [2.45, 2.75) is 64.4 Å². The van der Waals surface area contributed by atoms with Gasteiger partial charge in [-0.2, -0.15) is 0 Å². The van der Waals surface area contributed by atoms with Crippen molar-refractivity contribution in [1.29, 1.82) is 0 Å². The van der Waals surface area contributed by atoms with E-state index in [4.69, 9.17) is 0 Å². The topological polar surface area (TPSA) is 86.8 Å². The molecule has 1 atom stereocenters. The zero-order valence-corrected chi connectivity index (χ0v) is 26.0. The summed E-state index contributed by atoms with van der Waals surface area (Å²) in [5.41, 5.74) is 3.16. The van der Waals surface area contributed by atoms with Crippen LogP contribution in [-0.2, 0) is 26.2 Å². The van der Waals surface area contributed by atoms with Crippen molar-refractivity contribution in [3.05, 3.63) is 94.0 Å². The van der Waals surface area contributed by atoms with Crippen molar-refractivity contribution in [2.24, 2.45) is 0 Å². The summed E-state index contributed by atoms with van der Waals surface area (Å²) in [6.45, 7) is 7.99. The van der Waals surface area contributed by atoms with Gasteiger partial charge >= 0.3 is 0 Å². The summed E-state index contributed by atoms with van der Waals surface area (Å²) < 4.78 is 29.7. The maximum Gasteiger partial charge on any atom is 0.264 e. The van der Waals surface area contributed by atoms with Crippen LogP contribution in [0.3, 0.4) is 0 Å². The summed E-state index contributed by atoms with van der Waals surface area (Å²) in [4.78, 5) is 29.0. The quantitative estimate of drug-likeness (QED) is 0.236. The fourth-order valence-corrected chi connectivity index (χ4v) is 6.05. The minimum atomic E-state index is -4.09. The van der Waals surface area contributed by atoms with E-state index in [0.29, 0.717) is 18.7 Å². The highest BCUT2D eigenvalue weighted by Crippen LogP contribution is 2.27. The maximum atomic E-state index is 14.1. The van der Waals surface area contributed by atoms with Crippen molar-refractivity contribution in [3.8, 4) is 0 Å². The van der Waals surface area contributed by atoms with Gasteiger partial charge in [-0.25, -0.2) is 8.42 Å². The van der Waals surface area contributed by atoms with Crippen LogP contribution in [0.15, 0.2) is 82.2 Å². The highest BCUT2D eigenvalue weighted by atomic mass is 79.9. The lowest BCUT2D eigenvalue weighted by atomic mass is 10.1. The van der Waals surface area contributed by atoms with Crippen LogP contribution in [0.25, 0.3) is 0 Å². The van der Waals surface area contributed by atoms with Crippen LogP contribution in [0, 0.1) is 13.8 Å². The number of rotatable bonds is 13. The predicted molar refractivity (Wildman–Crippen MR) is 164 cm³/mol. The molecule has 3 aromatic carbocycles. The minimum absolute atomic E-state index is 0.0867. The van der Waals surface area contributed by atoms with Gasteiger partial charge < -0.3 is 10.2 Å². The van der Waals surface area contributed by atoms with Crippen LogP contribution >= 0.6 is 15.9 Å². The molecular weight excluding hydrogens is 590 g/mol. The Morgan fingerprint density at radius 3 is 2.17 bits per heavy atom. The number of carbonyl (C=O) groups excluding carboxylic acids is 2. The van der Waals surface area contributed by atoms with Gasteiger partial charge in [0.25, 0.3) is 10.0 Å². The number of carbonyl (C=O) groups is 2. The Kier molecular flexibility index (Phi) is 11.3. The van der Waals surface area contributed by atoms with Gasteiger partial charge in [0.2, 0.25) is 11.8 Å². The van der Waals surface area contributed by atoms with Crippen LogP contribution in [0.4, 0.5) is 5.69 Å². The molecule has 7 nitrogen and oxygen atoms in total. The molecule has 0 fully saturated rings. The van der Waals surface area contributed by atoms with E-state index in [1.165, 1.54) is 4.90 Å². The normalized spacial score (nSPS) is 12.0. The third-order valence-electron chi connectivity index (χ3n) is 6.82. The number of hydrogen-bond acceptors (Lipinski definition) is 4. The molecule has 3 aromatic rings. The number of halogens is 1. The molecule has 0 bridgehead atoms. The highest BCUT2D eigenvalue weighted by Gasteiger charge is 2.33. The summed E-state index contributed by atoms with van der Waals surface area (Å²) >= 11 is 3.40. The van der Waals surface area contributed by atoms with Crippen molar-refractivity contribution < 1.29 is 18.0 Å². The van der Waals surface area contributed by atoms with E-state index in [2.05, 4.69) is 21.2 Å². The molecule has 9 heteroatoms. The number of amides is 2. The molecule has 2 amide bonds. The first-order valence-electron chi connectivity index (χ1n) is 13.5. The van der Waals surface area contributed by atoms with E-state index in [1.54, 1.807) is 48.5 Å². The fourth-order valence-electron chi connectivity index (χ4n) is 4.37. The summed E-state index contributed by atoms with van der Waals surface area (Å²) in [5, 5.41) is 2.95. The average molecular weight is 629 g/mol. The second kappa shape index (κ2) is 14.5. The number of benzene rings is 3. The van der Waals surface area contributed by atoms with Gasteiger partial charge in [-0.15, -0.1) is 0 Å². The molecule has 1 N–H and O–H groups in total. The van der Waals surface area contributed by atoms with Crippen LogP contribution < -0.4 is 9.62 Å². The molecule has 0 unspecified atom stereocenters. The Morgan fingerprint density at radius 2 is 1.57 bits per heavy atom. The second-order valence-electron chi connectivity index (χ2n) is 9.82. The standard InChI is InChI=1S/C31H38BrN3O4S/c1-5-7-20-33-31(37)29(6-2)34(21-25-11-9-8-10-24(25)4)30(36)22-35(27-16-14-26(32)15-17-27)40(38,39)28-18-12-23(3)13-19-28/h8-19,29H,5-7,20-22H2,1-4H3,(H,33,37)/t29-/m0/s1. The molecule has 0 aromatic heterocycles. The van der Waals surface area contributed by atoms with Crippen molar-refractivity contribution in [3.63, 3.8) is 0 Å². The van der Waals surface area contributed by atoms with Crippen molar-refractivity contribution >= 4 is 43.5 Å². The lowest BCUT2D eigenvalue weighted by Crippen LogP contribution is -2.52. The maximum absolute atomic E-state index is 14.1. The second-order valence-corrected chi connectivity index (χ2v) is 12.6. The van der Waals surface area contributed by atoms with Crippen LogP contribution in [0.1, 0.15) is 49.8 Å². The zero-order valence-electron chi connectivity index (χ0n) is 23.6. The summed E-state index contributed by atoms with van der Waals surface area (Å²) in [6.07, 6.45) is 2.15. The number of sulfonamides is 1. The first kappa shape index (κ1) is 31.4. The third kappa shape index (κ3) is 7.95. The summed E-state index contributed by atoms with van der Waals surface area (Å²) in [5.74, 6) is -0.700. The van der Waals surface area contributed by atoms with Crippen LogP contribution in [0.5, 0.6) is 0 Å². The number of hydrogen-bond donors (Lipinski definition) is 1.